The molecule has 4 aromatic carbocycles. The number of anilines is 1. The number of pyridine rings is 1. The summed E-state index contributed by atoms with van der Waals surface area (Å²) >= 11 is 0. The van der Waals surface area contributed by atoms with Gasteiger partial charge in [-0.1, -0.05) is 109 Å². The molecule has 0 aliphatic heterocycles. The van der Waals surface area contributed by atoms with Crippen molar-refractivity contribution in [3.8, 4) is 0 Å². The third-order valence-corrected chi connectivity index (χ3v) is 9.17. The van der Waals surface area contributed by atoms with Gasteiger partial charge in [-0.2, -0.15) is 13.2 Å². The first-order chi connectivity index (χ1) is 27.8. The zero-order valence-electron chi connectivity index (χ0n) is 31.2. The lowest BCUT2D eigenvalue weighted by molar-refractivity contribution is -0.167. The highest BCUT2D eigenvalue weighted by Crippen LogP contribution is 2.37. The molecule has 3 amide bonds. The van der Waals surface area contributed by atoms with Gasteiger partial charge in [-0.15, -0.1) is 0 Å². The molecule has 14 heteroatoms. The Balaban J connectivity index is 1.47. The van der Waals surface area contributed by atoms with Gasteiger partial charge in [0.2, 0.25) is 11.8 Å². The predicted molar refractivity (Wildman–Crippen MR) is 209 cm³/mol. The molecule has 58 heavy (non-hydrogen) atoms. The van der Waals surface area contributed by atoms with Crippen molar-refractivity contribution in [2.75, 3.05) is 11.9 Å². The molecule has 0 saturated heterocycles. The minimum absolute atomic E-state index is 0.0625. The lowest BCUT2D eigenvalue weighted by atomic mass is 9.77. The highest BCUT2D eigenvalue weighted by Gasteiger charge is 2.40. The van der Waals surface area contributed by atoms with Crippen LogP contribution >= 0.6 is 0 Å². The topological polar surface area (TPSA) is 136 Å². The zero-order valence-corrected chi connectivity index (χ0v) is 31.2. The van der Waals surface area contributed by atoms with Crippen LogP contribution in [0.1, 0.15) is 48.1 Å². The Kier molecular flexibility index (Phi) is 14.1. The van der Waals surface area contributed by atoms with Crippen LogP contribution in [0.4, 0.5) is 23.2 Å². The fourth-order valence-electron chi connectivity index (χ4n) is 6.42. The van der Waals surface area contributed by atoms with Crippen molar-refractivity contribution in [2.24, 2.45) is 0 Å². The van der Waals surface area contributed by atoms with Gasteiger partial charge < -0.3 is 25.3 Å². The number of hydrogen-bond acceptors (Lipinski definition) is 6. The Morgan fingerprint density at radius 3 is 1.84 bits per heavy atom. The van der Waals surface area contributed by atoms with Crippen LogP contribution < -0.4 is 21.5 Å². The van der Waals surface area contributed by atoms with E-state index in [1.165, 1.54) is 24.3 Å². The predicted octanol–water partition coefficient (Wildman–Crippen LogP) is 6.76. The van der Waals surface area contributed by atoms with Gasteiger partial charge in [-0.3, -0.25) is 19.2 Å². The lowest BCUT2D eigenvalue weighted by Crippen LogP contribution is -2.48. The van der Waals surface area contributed by atoms with Gasteiger partial charge in [0.05, 0.1) is 6.61 Å². The molecule has 1 heterocycles. The van der Waals surface area contributed by atoms with Crippen molar-refractivity contribution in [1.29, 1.82) is 0 Å². The lowest BCUT2D eigenvalue weighted by Gasteiger charge is -2.37. The number of alkyl halides is 3. The number of rotatable bonds is 16. The van der Waals surface area contributed by atoms with E-state index in [0.717, 1.165) is 51.7 Å². The van der Waals surface area contributed by atoms with Gasteiger partial charge in [-0.05, 0) is 59.9 Å². The Morgan fingerprint density at radius 2 is 1.33 bits per heavy atom. The molecular weight excluding hydrogens is 756 g/mol. The quantitative estimate of drug-likeness (QED) is 0.0437. The minimum atomic E-state index is -5.30. The third kappa shape index (κ3) is 10.7. The number of hydrogen-bond donors (Lipinski definition) is 3. The first-order valence-electron chi connectivity index (χ1n) is 18.3. The number of carbonyl (C=O) groups excluding carboxylic acids is 4. The van der Waals surface area contributed by atoms with Crippen molar-refractivity contribution in [3.63, 3.8) is 0 Å². The van der Waals surface area contributed by atoms with Crippen LogP contribution in [0.5, 0.6) is 0 Å². The average molecular weight is 797 g/mol. The molecule has 0 spiro atoms. The van der Waals surface area contributed by atoms with Gasteiger partial charge in [0.1, 0.15) is 23.1 Å². The molecule has 5 aromatic rings. The number of amides is 3. The Hall–Kier alpha value is -6.83. The summed E-state index contributed by atoms with van der Waals surface area (Å²) < 4.78 is 59.0. The summed E-state index contributed by atoms with van der Waals surface area (Å²) in [5.41, 5.74) is -0.305. The van der Waals surface area contributed by atoms with E-state index in [9.17, 15) is 41.5 Å². The Morgan fingerprint density at radius 1 is 0.776 bits per heavy atom. The van der Waals surface area contributed by atoms with Crippen molar-refractivity contribution in [1.82, 2.24) is 15.2 Å². The summed E-state index contributed by atoms with van der Waals surface area (Å²) in [7, 11) is 0. The third-order valence-electron chi connectivity index (χ3n) is 9.17. The standard InChI is InChI=1S/C44H40F4N4O6/c1-2-58-39(54)27-25-35(24-26-38(53)51-43(31-13-6-3-7-14-31,32-15-8-4-9-16-32)33-17-10-5-11-18-33)49-40(55)37(29-30-20-22-34(45)23-21-30)52-28-12-19-36(41(52)56)50-42(57)44(46,47)48/h3-23,25,27-28,35,37H,2,24,26,29H2,1H3,(H,49,55)(H,50,57)(H,51,53)/b27-25+/t35-,37-/m0/s1. The van der Waals surface area contributed by atoms with Crippen LogP contribution in [0.25, 0.3) is 0 Å². The molecule has 0 aliphatic carbocycles. The summed E-state index contributed by atoms with van der Waals surface area (Å²) in [6.45, 7) is 1.67. The minimum Gasteiger partial charge on any atom is -0.463 e. The Labute approximate surface area is 331 Å². The summed E-state index contributed by atoms with van der Waals surface area (Å²) in [5.74, 6) is -4.95. The summed E-state index contributed by atoms with van der Waals surface area (Å²) in [4.78, 5) is 66.0. The van der Waals surface area contributed by atoms with Crippen molar-refractivity contribution in [2.45, 2.75) is 50.0 Å². The second-order valence-electron chi connectivity index (χ2n) is 13.1. The molecule has 0 unspecified atom stereocenters. The average Bonchev–Trinajstić information content (AvgIpc) is 3.22. The van der Waals surface area contributed by atoms with Crippen molar-refractivity contribution in [3.05, 3.63) is 184 Å². The number of aromatic nitrogens is 1. The highest BCUT2D eigenvalue weighted by molar-refractivity contribution is 5.94. The number of nitrogens with zero attached hydrogens (tertiary/aromatic N) is 1. The highest BCUT2D eigenvalue weighted by atomic mass is 19.4. The monoisotopic (exact) mass is 796 g/mol. The van der Waals surface area contributed by atoms with Crippen LogP contribution in [-0.4, -0.2) is 47.1 Å². The van der Waals surface area contributed by atoms with E-state index < -0.39 is 64.6 Å². The van der Waals surface area contributed by atoms with Gasteiger partial charge >= 0.3 is 18.1 Å². The van der Waals surface area contributed by atoms with Crippen LogP contribution in [0, 0.1) is 5.82 Å². The number of carbonyl (C=O) groups is 4. The fourth-order valence-corrected chi connectivity index (χ4v) is 6.42. The zero-order chi connectivity index (χ0) is 41.7. The SMILES string of the molecule is CCOC(=O)/C=C/[C@H](CCC(=O)NC(c1ccccc1)(c1ccccc1)c1ccccc1)NC(=O)[C@H](Cc1ccc(F)cc1)n1cccc(NC(=O)C(F)(F)F)c1=O. The second kappa shape index (κ2) is 19.4. The molecule has 5 rings (SSSR count). The fraction of sp³-hybridized carbons (Fsp3) is 0.205. The van der Waals surface area contributed by atoms with Crippen LogP contribution in [0.3, 0.4) is 0 Å². The van der Waals surface area contributed by atoms with Crippen molar-refractivity contribution < 1.29 is 41.5 Å². The first kappa shape index (κ1) is 42.3. The molecule has 300 valence electrons. The molecule has 1 aromatic heterocycles. The number of benzene rings is 4. The molecule has 0 fully saturated rings. The number of ether oxygens (including phenoxy) is 1. The molecule has 0 saturated carbocycles. The molecule has 0 aliphatic rings. The van der Waals surface area contributed by atoms with Crippen LogP contribution in [-0.2, 0) is 35.9 Å². The van der Waals surface area contributed by atoms with E-state index in [1.54, 1.807) is 12.2 Å². The van der Waals surface area contributed by atoms with Crippen molar-refractivity contribution >= 4 is 29.4 Å². The summed E-state index contributed by atoms with van der Waals surface area (Å²) in [6.07, 6.45) is -2.22. The van der Waals surface area contributed by atoms with Gasteiger partial charge in [-0.25, -0.2) is 9.18 Å². The summed E-state index contributed by atoms with van der Waals surface area (Å²) in [6, 6.07) is 32.8. The van der Waals surface area contributed by atoms with E-state index in [0.29, 0.717) is 5.56 Å². The van der Waals surface area contributed by atoms with Gasteiger partial charge in [0, 0.05) is 31.2 Å². The molecule has 3 N–H and O–H groups in total. The van der Waals surface area contributed by atoms with E-state index in [2.05, 4.69) is 10.6 Å². The van der Waals surface area contributed by atoms with Gasteiger partial charge in [0.25, 0.3) is 5.56 Å². The van der Waals surface area contributed by atoms with E-state index >= 15 is 0 Å². The smallest absolute Gasteiger partial charge is 0.463 e. The molecule has 10 nitrogen and oxygen atoms in total. The molecule has 0 radical (unpaired) electrons. The first-order valence-corrected chi connectivity index (χ1v) is 18.3. The maximum atomic E-state index is 14.2. The largest absolute Gasteiger partial charge is 0.471 e. The van der Waals surface area contributed by atoms with Gasteiger partial charge in [0.15, 0.2) is 0 Å². The normalized spacial score (nSPS) is 12.6. The van der Waals surface area contributed by atoms with E-state index in [-0.39, 0.29) is 25.9 Å². The number of halogens is 4. The Bertz CT molecular complexity index is 2170. The molecule has 2 atom stereocenters. The maximum absolute atomic E-state index is 14.2. The summed E-state index contributed by atoms with van der Waals surface area (Å²) in [5, 5.41) is 7.54. The van der Waals surface area contributed by atoms with E-state index in [4.69, 9.17) is 4.74 Å². The van der Waals surface area contributed by atoms with E-state index in [1.807, 2.05) is 91.0 Å². The van der Waals surface area contributed by atoms with Crippen LogP contribution in [0.15, 0.2) is 151 Å². The molecule has 0 bridgehead atoms. The number of esters is 1. The maximum Gasteiger partial charge on any atom is 0.471 e. The second-order valence-corrected chi connectivity index (χ2v) is 13.1. The van der Waals surface area contributed by atoms with Crippen LogP contribution in [0.2, 0.25) is 0 Å². The number of nitrogens with one attached hydrogen (secondary N) is 3. The molecular formula is C44H40F4N4O6.